The van der Waals surface area contributed by atoms with Gasteiger partial charge in [0.05, 0.1) is 5.69 Å². The van der Waals surface area contributed by atoms with Crippen molar-refractivity contribution in [1.29, 1.82) is 0 Å². The van der Waals surface area contributed by atoms with E-state index in [-0.39, 0.29) is 5.82 Å². The van der Waals surface area contributed by atoms with Crippen LogP contribution in [-0.2, 0) is 0 Å². The van der Waals surface area contributed by atoms with E-state index >= 15 is 0 Å². The van der Waals surface area contributed by atoms with Gasteiger partial charge in [-0.3, -0.25) is 0 Å². The Morgan fingerprint density at radius 3 is 2.24 bits per heavy atom. The van der Waals surface area contributed by atoms with Crippen LogP contribution in [-0.4, -0.2) is 38.1 Å². The summed E-state index contributed by atoms with van der Waals surface area (Å²) in [5.74, 6) is -0.223. The van der Waals surface area contributed by atoms with Gasteiger partial charge >= 0.3 is 0 Å². The molecule has 0 aliphatic carbocycles. The number of nitrogen functional groups attached to an aromatic ring is 1. The molecule has 0 radical (unpaired) electrons. The van der Waals surface area contributed by atoms with E-state index < -0.39 is 0 Å². The van der Waals surface area contributed by atoms with Crippen LogP contribution >= 0.6 is 0 Å². The van der Waals surface area contributed by atoms with Crippen LogP contribution in [0.2, 0.25) is 0 Å². The van der Waals surface area contributed by atoms with Crippen molar-refractivity contribution in [2.75, 3.05) is 43.9 Å². The number of halogens is 1. The number of hydrogen-bond donors (Lipinski definition) is 1. The lowest BCUT2D eigenvalue weighted by Gasteiger charge is -2.34. The Morgan fingerprint density at radius 2 is 1.71 bits per heavy atom. The number of hydrogen-bond acceptors (Lipinski definition) is 3. The Balaban J connectivity index is 0.000000686. The largest absolute Gasteiger partial charge is 0.399 e. The molecule has 1 heterocycles. The molecular formula is C13H22FN3. The lowest BCUT2D eigenvalue weighted by atomic mass is 10.2. The molecule has 17 heavy (non-hydrogen) atoms. The summed E-state index contributed by atoms with van der Waals surface area (Å²) < 4.78 is 13.6. The summed E-state index contributed by atoms with van der Waals surface area (Å²) in [5.41, 5.74) is 6.65. The number of benzene rings is 1. The summed E-state index contributed by atoms with van der Waals surface area (Å²) in [6.07, 6.45) is 0. The Hall–Kier alpha value is -1.29. The molecule has 1 aromatic carbocycles. The number of likely N-dealkylation sites (N-methyl/N-ethyl adjacent to an activating group) is 1. The predicted molar refractivity (Wildman–Crippen MR) is 71.9 cm³/mol. The van der Waals surface area contributed by atoms with E-state index in [4.69, 9.17) is 5.73 Å². The Bertz CT molecular complexity index is 347. The highest BCUT2D eigenvalue weighted by Crippen LogP contribution is 2.22. The molecule has 0 atom stereocenters. The van der Waals surface area contributed by atoms with Gasteiger partial charge in [0.1, 0.15) is 5.82 Å². The van der Waals surface area contributed by atoms with Crippen LogP contribution < -0.4 is 10.6 Å². The average Bonchev–Trinajstić information content (AvgIpc) is 2.33. The maximum Gasteiger partial charge on any atom is 0.148 e. The molecule has 2 rings (SSSR count). The lowest BCUT2D eigenvalue weighted by molar-refractivity contribution is 0.311. The molecule has 0 amide bonds. The molecule has 0 spiro atoms. The summed E-state index contributed by atoms with van der Waals surface area (Å²) in [6.45, 7) is 7.70. The standard InChI is InChI=1S/C11H16FN3.C2H6/c1-14-4-6-15(7-5-14)11-3-2-9(13)8-10(11)12;1-2/h2-3,8H,4-7,13H2,1H3;1-2H3. The zero-order valence-corrected chi connectivity index (χ0v) is 10.9. The maximum absolute atomic E-state index is 13.6. The van der Waals surface area contributed by atoms with E-state index in [1.807, 2.05) is 13.8 Å². The summed E-state index contributed by atoms with van der Waals surface area (Å²) in [7, 11) is 2.08. The van der Waals surface area contributed by atoms with Crippen molar-refractivity contribution >= 4 is 11.4 Å². The molecule has 0 bridgehead atoms. The highest BCUT2D eigenvalue weighted by Gasteiger charge is 2.16. The fourth-order valence-corrected chi connectivity index (χ4v) is 1.83. The summed E-state index contributed by atoms with van der Waals surface area (Å²) in [5, 5.41) is 0. The summed E-state index contributed by atoms with van der Waals surface area (Å²) in [4.78, 5) is 4.31. The normalized spacial score (nSPS) is 16.4. The second-order valence-electron chi connectivity index (χ2n) is 4.00. The van der Waals surface area contributed by atoms with E-state index in [1.165, 1.54) is 6.07 Å². The van der Waals surface area contributed by atoms with Gasteiger partial charge in [-0.05, 0) is 25.2 Å². The van der Waals surface area contributed by atoms with Crippen LogP contribution in [0.3, 0.4) is 0 Å². The number of piperazine rings is 1. The third kappa shape index (κ3) is 3.60. The van der Waals surface area contributed by atoms with Gasteiger partial charge in [0.2, 0.25) is 0 Å². The molecule has 1 saturated heterocycles. The Labute approximate surface area is 103 Å². The third-order valence-corrected chi connectivity index (χ3v) is 2.82. The highest BCUT2D eigenvalue weighted by atomic mass is 19.1. The van der Waals surface area contributed by atoms with Crippen molar-refractivity contribution < 1.29 is 4.39 Å². The first-order chi connectivity index (χ1) is 8.16. The Morgan fingerprint density at radius 1 is 1.12 bits per heavy atom. The SMILES string of the molecule is CC.CN1CCN(c2ccc(N)cc2F)CC1. The van der Waals surface area contributed by atoms with Crippen LogP contribution in [0.5, 0.6) is 0 Å². The van der Waals surface area contributed by atoms with Crippen LogP contribution in [0, 0.1) is 5.82 Å². The molecule has 0 unspecified atom stereocenters. The van der Waals surface area contributed by atoms with Gasteiger partial charge in [-0.25, -0.2) is 4.39 Å². The number of nitrogens with two attached hydrogens (primary N) is 1. The van der Waals surface area contributed by atoms with Crippen LogP contribution in [0.4, 0.5) is 15.8 Å². The van der Waals surface area contributed by atoms with E-state index in [9.17, 15) is 4.39 Å². The molecule has 0 saturated carbocycles. The molecule has 1 aliphatic rings. The van der Waals surface area contributed by atoms with E-state index in [0.29, 0.717) is 11.4 Å². The smallest absolute Gasteiger partial charge is 0.148 e. The van der Waals surface area contributed by atoms with Gasteiger partial charge in [-0.15, -0.1) is 0 Å². The number of anilines is 2. The minimum atomic E-state index is -0.223. The van der Waals surface area contributed by atoms with Gasteiger partial charge < -0.3 is 15.5 Å². The van der Waals surface area contributed by atoms with Crippen molar-refractivity contribution in [3.63, 3.8) is 0 Å². The topological polar surface area (TPSA) is 32.5 Å². The van der Waals surface area contributed by atoms with Gasteiger partial charge in [-0.2, -0.15) is 0 Å². The molecule has 1 aliphatic heterocycles. The first-order valence-electron chi connectivity index (χ1n) is 6.15. The first-order valence-corrected chi connectivity index (χ1v) is 6.15. The number of rotatable bonds is 1. The molecule has 3 nitrogen and oxygen atoms in total. The quantitative estimate of drug-likeness (QED) is 0.762. The van der Waals surface area contributed by atoms with Crippen LogP contribution in [0.15, 0.2) is 18.2 Å². The highest BCUT2D eigenvalue weighted by molar-refractivity contribution is 5.54. The maximum atomic E-state index is 13.6. The van der Waals surface area contributed by atoms with Crippen molar-refractivity contribution in [3.8, 4) is 0 Å². The lowest BCUT2D eigenvalue weighted by Crippen LogP contribution is -2.44. The van der Waals surface area contributed by atoms with Crippen LogP contribution in [0.1, 0.15) is 13.8 Å². The van der Waals surface area contributed by atoms with Gasteiger partial charge in [0.25, 0.3) is 0 Å². The minimum absolute atomic E-state index is 0.223. The van der Waals surface area contributed by atoms with Crippen molar-refractivity contribution in [1.82, 2.24) is 4.90 Å². The van der Waals surface area contributed by atoms with E-state index in [0.717, 1.165) is 26.2 Å². The molecule has 96 valence electrons. The van der Waals surface area contributed by atoms with Gasteiger partial charge in [0.15, 0.2) is 0 Å². The second kappa shape index (κ2) is 6.45. The fraction of sp³-hybridized carbons (Fsp3) is 0.538. The van der Waals surface area contributed by atoms with E-state index in [1.54, 1.807) is 12.1 Å². The van der Waals surface area contributed by atoms with Crippen LogP contribution in [0.25, 0.3) is 0 Å². The zero-order valence-electron chi connectivity index (χ0n) is 10.9. The molecule has 4 heteroatoms. The van der Waals surface area contributed by atoms with Gasteiger partial charge in [0, 0.05) is 31.9 Å². The molecule has 2 N–H and O–H groups in total. The molecular weight excluding hydrogens is 217 g/mol. The average molecular weight is 239 g/mol. The molecule has 1 fully saturated rings. The molecule has 1 aromatic rings. The Kier molecular flexibility index (Phi) is 5.22. The number of nitrogens with zero attached hydrogens (tertiary/aromatic N) is 2. The first kappa shape index (κ1) is 13.8. The summed E-state index contributed by atoms with van der Waals surface area (Å²) >= 11 is 0. The minimum Gasteiger partial charge on any atom is -0.399 e. The zero-order chi connectivity index (χ0) is 12.8. The monoisotopic (exact) mass is 239 g/mol. The fourth-order valence-electron chi connectivity index (χ4n) is 1.83. The second-order valence-corrected chi connectivity index (χ2v) is 4.00. The van der Waals surface area contributed by atoms with E-state index in [2.05, 4.69) is 16.8 Å². The predicted octanol–water partition coefficient (Wildman–Crippen LogP) is 2.19. The third-order valence-electron chi connectivity index (χ3n) is 2.82. The van der Waals surface area contributed by atoms with Crippen molar-refractivity contribution in [2.45, 2.75) is 13.8 Å². The van der Waals surface area contributed by atoms with Crippen molar-refractivity contribution in [2.24, 2.45) is 0 Å². The molecule has 0 aromatic heterocycles. The van der Waals surface area contributed by atoms with Gasteiger partial charge in [-0.1, -0.05) is 13.8 Å². The van der Waals surface area contributed by atoms with Crippen molar-refractivity contribution in [3.05, 3.63) is 24.0 Å². The summed E-state index contributed by atoms with van der Waals surface area (Å²) in [6, 6.07) is 4.89.